The van der Waals surface area contributed by atoms with Crippen LogP contribution in [-0.2, 0) is 51.0 Å². The summed E-state index contributed by atoms with van der Waals surface area (Å²) in [6.45, 7) is 7.17. The number of esters is 1. The van der Waals surface area contributed by atoms with Crippen molar-refractivity contribution in [2.75, 3.05) is 57.8 Å². The molecule has 398 valence electrons. The lowest BCUT2D eigenvalue weighted by Gasteiger charge is -2.42. The lowest BCUT2D eigenvalue weighted by atomic mass is 9.86. The van der Waals surface area contributed by atoms with Crippen molar-refractivity contribution in [1.82, 2.24) is 20.9 Å². The topological polar surface area (TPSA) is 257 Å². The number of rotatable bonds is 18. The number of anilines is 1. The SMILES string of the molecule is COc1cc2cc(c1Cl)N(C)C(=O)C[C@@H](OC(=O)[C@H](C)N(C)C(=O)CCSCC(=O)NCCNC(=O)CCc1ccc(C=O)c(C=O)c1)CC1C([C@H](C)[C@@H]3C[C@@](O)(NC(=O)O3)[C@H](OC)/C=C\C=C(/C)C2)[C@]1(C)O. The molecule has 2 aromatic carbocycles. The van der Waals surface area contributed by atoms with Gasteiger partial charge in [-0.15, -0.1) is 0 Å². The minimum Gasteiger partial charge on any atom is -0.495 e. The number of allylic oxidation sites excluding steroid dienone is 3. The molecule has 19 nitrogen and oxygen atoms in total. The highest BCUT2D eigenvalue weighted by Gasteiger charge is 2.65. The number of nitrogens with one attached hydrogen (secondary N) is 3. The fourth-order valence-corrected chi connectivity index (χ4v) is 10.5. The Morgan fingerprint density at radius 2 is 1.75 bits per heavy atom. The molecule has 5 rings (SSSR count). The van der Waals surface area contributed by atoms with Crippen molar-refractivity contribution in [2.45, 2.75) is 108 Å². The molecule has 0 spiro atoms. The average molecular weight is 1050 g/mol. The second-order valence-corrected chi connectivity index (χ2v) is 20.6. The lowest BCUT2D eigenvalue weighted by Crippen LogP contribution is -2.63. The third-order valence-electron chi connectivity index (χ3n) is 13.9. The standard InChI is InChI=1S/C52H68ClN5O14S/c1-30-10-9-11-42(70-8)52(68)26-41(72-50(66)56-52)31(2)47-38(51(47,4)67)24-37(25-46(64)58(6)39-22-34(20-30)23-40(69-7)48(39)53)71-49(65)32(3)57(5)45(63)16-19-73-29-44(62)55-18-17-54-43(61)15-13-33-12-14-35(27-59)36(21-33)28-60/h9-12,14,21-23,27-28,31-32,37-38,41-42,47,67-68H,13,15-20,24-26,29H2,1-8H3,(H,54,61)(H,55,62)(H,56,66)/b11-9-,30-10+/t31-,32+,37+,38?,41+,42-,47?,51-,52+/m1/s1. The molecule has 5 N–H and O–H groups in total. The number of hydrogen-bond donors (Lipinski definition) is 5. The summed E-state index contributed by atoms with van der Waals surface area (Å²) in [6.07, 6.45) is 3.04. The van der Waals surface area contributed by atoms with Crippen LogP contribution in [0.1, 0.15) is 91.6 Å². The van der Waals surface area contributed by atoms with E-state index in [2.05, 4.69) is 16.0 Å². The molecule has 2 aromatic rings. The summed E-state index contributed by atoms with van der Waals surface area (Å²) < 4.78 is 23.0. The van der Waals surface area contributed by atoms with E-state index in [9.17, 15) is 48.6 Å². The Morgan fingerprint density at radius 3 is 2.42 bits per heavy atom. The predicted octanol–water partition coefficient (Wildman–Crippen LogP) is 4.36. The molecule has 1 saturated carbocycles. The van der Waals surface area contributed by atoms with E-state index >= 15 is 0 Å². The van der Waals surface area contributed by atoms with Gasteiger partial charge in [-0.3, -0.25) is 34.1 Å². The second kappa shape index (κ2) is 25.9. The molecular weight excluding hydrogens is 986 g/mol. The number of aldehydes is 2. The Hall–Kier alpha value is -5.80. The van der Waals surface area contributed by atoms with Crippen LogP contribution in [0.2, 0.25) is 5.02 Å². The number of hydrogen-bond acceptors (Lipinski definition) is 15. The van der Waals surface area contributed by atoms with Gasteiger partial charge in [-0.05, 0) is 87.1 Å². The van der Waals surface area contributed by atoms with Gasteiger partial charge in [0.2, 0.25) is 23.6 Å². The van der Waals surface area contributed by atoms with E-state index in [-0.39, 0.29) is 84.7 Å². The Labute approximate surface area is 435 Å². The van der Waals surface area contributed by atoms with Crippen LogP contribution >= 0.6 is 23.4 Å². The van der Waals surface area contributed by atoms with Crippen molar-refractivity contribution >= 4 is 77.3 Å². The number of likely N-dealkylation sites (N-methyl/N-ethyl adjacent to an activating group) is 1. The van der Waals surface area contributed by atoms with Gasteiger partial charge in [0.1, 0.15) is 35.1 Å². The van der Waals surface area contributed by atoms with Crippen LogP contribution in [0, 0.1) is 17.8 Å². The number of alkyl carbamates (subject to hydrolysis) is 1. The average Bonchev–Trinajstić information content (AvgIpc) is 3.90. The van der Waals surface area contributed by atoms with E-state index in [4.69, 9.17) is 30.5 Å². The molecule has 9 atom stereocenters. The van der Waals surface area contributed by atoms with Gasteiger partial charge < -0.3 is 49.6 Å². The summed E-state index contributed by atoms with van der Waals surface area (Å²) in [6, 6.07) is 7.20. The number of thioether (sulfide) groups is 1. The Morgan fingerprint density at radius 1 is 1.05 bits per heavy atom. The summed E-state index contributed by atoms with van der Waals surface area (Å²) in [5.41, 5.74) is 0.0219. The van der Waals surface area contributed by atoms with Crippen molar-refractivity contribution in [2.24, 2.45) is 17.8 Å². The van der Waals surface area contributed by atoms with Gasteiger partial charge in [-0.1, -0.05) is 54.5 Å². The van der Waals surface area contributed by atoms with Crippen molar-refractivity contribution in [3.05, 3.63) is 81.4 Å². The lowest BCUT2D eigenvalue weighted by molar-refractivity contribution is -0.159. The number of fused-ring (bicyclic) bond motifs is 5. The number of nitrogens with zero attached hydrogens (tertiary/aromatic N) is 2. The minimum absolute atomic E-state index is 0.0119. The number of ether oxygens (including phenoxy) is 4. The van der Waals surface area contributed by atoms with Crippen LogP contribution in [0.3, 0.4) is 0 Å². The largest absolute Gasteiger partial charge is 0.495 e. The van der Waals surface area contributed by atoms with Gasteiger partial charge in [-0.25, -0.2) is 9.59 Å². The molecule has 73 heavy (non-hydrogen) atoms. The Balaban J connectivity index is 1.21. The highest BCUT2D eigenvalue weighted by atomic mass is 35.5. The molecule has 2 heterocycles. The second-order valence-electron chi connectivity index (χ2n) is 19.1. The molecular formula is C52H68ClN5O14S. The maximum absolute atomic E-state index is 14.3. The quantitative estimate of drug-likeness (QED) is 0.0790. The van der Waals surface area contributed by atoms with E-state index in [0.717, 1.165) is 16.7 Å². The zero-order valence-electron chi connectivity index (χ0n) is 42.6. The van der Waals surface area contributed by atoms with E-state index in [1.807, 2.05) is 13.0 Å². The fraction of sp³-hybridized carbons (Fsp3) is 0.538. The van der Waals surface area contributed by atoms with Crippen LogP contribution in [0.15, 0.2) is 54.1 Å². The maximum Gasteiger partial charge on any atom is 0.409 e. The molecule has 2 aliphatic heterocycles. The first-order chi connectivity index (χ1) is 34.6. The summed E-state index contributed by atoms with van der Waals surface area (Å²) in [5, 5.41) is 31.8. The molecule has 1 aliphatic carbocycles. The molecule has 0 radical (unpaired) electrons. The van der Waals surface area contributed by atoms with Gasteiger partial charge >= 0.3 is 12.1 Å². The van der Waals surface area contributed by atoms with Crippen LogP contribution in [0.25, 0.3) is 0 Å². The maximum atomic E-state index is 14.3. The van der Waals surface area contributed by atoms with Gasteiger partial charge in [-0.2, -0.15) is 11.8 Å². The monoisotopic (exact) mass is 1050 g/mol. The number of amides is 5. The number of aryl methyl sites for hydroxylation is 1. The first kappa shape index (κ1) is 58.1. The molecule has 3 aliphatic rings. The predicted molar refractivity (Wildman–Crippen MR) is 273 cm³/mol. The van der Waals surface area contributed by atoms with E-state index in [0.29, 0.717) is 36.9 Å². The van der Waals surface area contributed by atoms with Crippen LogP contribution in [0.4, 0.5) is 10.5 Å². The number of methoxy groups -OCH3 is 2. The number of benzene rings is 2. The van der Waals surface area contributed by atoms with Crippen LogP contribution in [0.5, 0.6) is 5.75 Å². The van der Waals surface area contributed by atoms with Gasteiger partial charge in [0.25, 0.3) is 0 Å². The van der Waals surface area contributed by atoms with Gasteiger partial charge in [0, 0.05) is 70.4 Å². The zero-order chi connectivity index (χ0) is 53.8. The number of carbonyl (C=O) groups is 8. The summed E-state index contributed by atoms with van der Waals surface area (Å²) >= 11 is 8.01. The number of aliphatic hydroxyl groups is 2. The summed E-state index contributed by atoms with van der Waals surface area (Å²) in [5.74, 6) is -3.20. The first-order valence-corrected chi connectivity index (χ1v) is 25.6. The van der Waals surface area contributed by atoms with Crippen LogP contribution < -0.4 is 25.6 Å². The molecule has 21 heteroatoms. The smallest absolute Gasteiger partial charge is 0.409 e. The molecule has 1 saturated heterocycles. The minimum atomic E-state index is -1.87. The van der Waals surface area contributed by atoms with Crippen molar-refractivity contribution in [3.8, 4) is 5.75 Å². The molecule has 2 fully saturated rings. The Bertz CT molecular complexity index is 2450. The number of carbonyl (C=O) groups excluding carboxylic acids is 8. The highest BCUT2D eigenvalue weighted by Crippen LogP contribution is 2.59. The van der Waals surface area contributed by atoms with Crippen molar-refractivity contribution in [1.29, 1.82) is 0 Å². The molecule has 2 unspecified atom stereocenters. The Kier molecular flexibility index (Phi) is 20.6. The number of halogens is 1. The molecule has 4 bridgehead atoms. The zero-order valence-corrected chi connectivity index (χ0v) is 44.1. The summed E-state index contributed by atoms with van der Waals surface area (Å²) in [7, 11) is 5.87. The first-order valence-electron chi connectivity index (χ1n) is 24.1. The molecule has 5 amide bonds. The van der Waals surface area contributed by atoms with Crippen molar-refractivity contribution < 1.29 is 67.5 Å². The van der Waals surface area contributed by atoms with E-state index in [1.165, 1.54) is 55.8 Å². The highest BCUT2D eigenvalue weighted by molar-refractivity contribution is 7.99. The van der Waals surface area contributed by atoms with E-state index in [1.54, 1.807) is 57.3 Å². The van der Waals surface area contributed by atoms with Crippen LogP contribution in [-0.4, -0.2) is 152 Å². The third kappa shape index (κ3) is 15.2. The normalized spacial score (nSPS) is 26.7. The third-order valence-corrected chi connectivity index (χ3v) is 15.3. The van der Waals surface area contributed by atoms with Crippen molar-refractivity contribution in [3.63, 3.8) is 0 Å². The summed E-state index contributed by atoms with van der Waals surface area (Å²) in [4.78, 5) is 104. The van der Waals surface area contributed by atoms with E-state index < -0.39 is 77.3 Å². The van der Waals surface area contributed by atoms with Gasteiger partial charge in [0.05, 0.1) is 30.6 Å². The molecule has 0 aromatic heterocycles. The fourth-order valence-electron chi connectivity index (χ4n) is 9.48. The van der Waals surface area contributed by atoms with Gasteiger partial charge in [0.15, 0.2) is 18.3 Å².